The molecule has 136 valence electrons. The summed E-state index contributed by atoms with van der Waals surface area (Å²) < 4.78 is 44.8. The van der Waals surface area contributed by atoms with E-state index in [0.29, 0.717) is 11.6 Å². The second-order valence-corrected chi connectivity index (χ2v) is 6.10. The summed E-state index contributed by atoms with van der Waals surface area (Å²) in [5, 5.41) is 2.08. The molecule has 1 aliphatic carbocycles. The molecule has 4 nitrogen and oxygen atoms in total. The lowest BCUT2D eigenvalue weighted by Crippen LogP contribution is -2.30. The molecule has 1 atom stereocenters. The van der Waals surface area contributed by atoms with Crippen molar-refractivity contribution in [3.05, 3.63) is 64.5 Å². The Hall–Kier alpha value is -2.83. The molecule has 7 heteroatoms. The third-order valence-corrected chi connectivity index (χ3v) is 4.28. The lowest BCUT2D eigenvalue weighted by atomic mass is 10.1. The summed E-state index contributed by atoms with van der Waals surface area (Å²) in [6.45, 7) is 1.30. The SMILES string of the molecule is C[C@H](OC(=O)c1ccc2c(c1)CCC2)C(=O)Nc1ccc(F)c(F)c1F. The standard InChI is InChI=1S/C19H16F3NO3/c1-10(18(24)23-15-8-7-14(20)16(21)17(15)22)26-19(25)13-6-5-11-3-2-4-12(11)9-13/h5-10H,2-4H2,1H3,(H,23,24)/t10-/m0/s1. The van der Waals surface area contributed by atoms with Gasteiger partial charge >= 0.3 is 5.97 Å². The number of benzene rings is 2. The van der Waals surface area contributed by atoms with Gasteiger partial charge in [-0.05, 0) is 61.6 Å². The minimum Gasteiger partial charge on any atom is -0.449 e. The average Bonchev–Trinajstić information content (AvgIpc) is 3.09. The van der Waals surface area contributed by atoms with Crippen LogP contribution < -0.4 is 5.32 Å². The Morgan fingerprint density at radius 2 is 1.77 bits per heavy atom. The normalized spacial score (nSPS) is 13.8. The van der Waals surface area contributed by atoms with Crippen molar-refractivity contribution in [2.45, 2.75) is 32.3 Å². The van der Waals surface area contributed by atoms with E-state index in [1.54, 1.807) is 12.1 Å². The number of carbonyl (C=O) groups excluding carboxylic acids is 2. The first-order valence-corrected chi connectivity index (χ1v) is 8.14. The summed E-state index contributed by atoms with van der Waals surface area (Å²) in [6.07, 6.45) is 1.65. The van der Waals surface area contributed by atoms with Crippen LogP contribution in [0, 0.1) is 17.5 Å². The van der Waals surface area contributed by atoms with Crippen LogP contribution >= 0.6 is 0 Å². The second-order valence-electron chi connectivity index (χ2n) is 6.10. The van der Waals surface area contributed by atoms with E-state index in [4.69, 9.17) is 4.74 Å². The summed E-state index contributed by atoms with van der Waals surface area (Å²) in [7, 11) is 0. The van der Waals surface area contributed by atoms with E-state index in [2.05, 4.69) is 5.32 Å². The lowest BCUT2D eigenvalue weighted by molar-refractivity contribution is -0.123. The Morgan fingerprint density at radius 3 is 2.54 bits per heavy atom. The number of aryl methyl sites for hydroxylation is 2. The molecule has 0 heterocycles. The molecule has 0 aliphatic heterocycles. The van der Waals surface area contributed by atoms with Gasteiger partial charge in [0.05, 0.1) is 11.3 Å². The van der Waals surface area contributed by atoms with Crippen LogP contribution in [0.2, 0.25) is 0 Å². The zero-order valence-corrected chi connectivity index (χ0v) is 13.9. The molecule has 0 fully saturated rings. The van der Waals surface area contributed by atoms with E-state index in [-0.39, 0.29) is 0 Å². The molecule has 1 aliphatic rings. The second kappa shape index (κ2) is 7.19. The summed E-state index contributed by atoms with van der Waals surface area (Å²) in [6, 6.07) is 6.81. The van der Waals surface area contributed by atoms with E-state index in [1.807, 2.05) is 6.07 Å². The van der Waals surface area contributed by atoms with Crippen LogP contribution in [-0.4, -0.2) is 18.0 Å². The van der Waals surface area contributed by atoms with Crippen molar-refractivity contribution in [3.8, 4) is 0 Å². The molecule has 1 N–H and O–H groups in total. The third kappa shape index (κ3) is 3.56. The van der Waals surface area contributed by atoms with E-state index >= 15 is 0 Å². The number of rotatable bonds is 4. The Balaban J connectivity index is 1.66. The Morgan fingerprint density at radius 1 is 1.04 bits per heavy atom. The van der Waals surface area contributed by atoms with Crippen LogP contribution in [0.25, 0.3) is 0 Å². The van der Waals surface area contributed by atoms with Gasteiger partial charge in [0.2, 0.25) is 0 Å². The first kappa shape index (κ1) is 18.0. The molecular formula is C19H16F3NO3. The van der Waals surface area contributed by atoms with Gasteiger partial charge in [-0.3, -0.25) is 4.79 Å². The predicted molar refractivity (Wildman–Crippen MR) is 88.3 cm³/mol. The van der Waals surface area contributed by atoms with Crippen LogP contribution in [-0.2, 0) is 22.4 Å². The number of anilines is 1. The lowest BCUT2D eigenvalue weighted by Gasteiger charge is -2.14. The monoisotopic (exact) mass is 363 g/mol. The first-order chi connectivity index (χ1) is 12.4. The number of hydrogen-bond donors (Lipinski definition) is 1. The van der Waals surface area contributed by atoms with E-state index in [9.17, 15) is 22.8 Å². The molecule has 2 aromatic rings. The largest absolute Gasteiger partial charge is 0.449 e. The molecular weight excluding hydrogens is 347 g/mol. The zero-order valence-electron chi connectivity index (χ0n) is 13.9. The number of halogens is 3. The van der Waals surface area contributed by atoms with Gasteiger partial charge in [0.15, 0.2) is 23.6 Å². The number of ether oxygens (including phenoxy) is 1. The molecule has 2 aromatic carbocycles. The predicted octanol–water partition coefficient (Wildman–Crippen LogP) is 3.78. The van der Waals surface area contributed by atoms with Crippen molar-refractivity contribution >= 4 is 17.6 Å². The molecule has 1 amide bonds. The Bertz CT molecular complexity index is 883. The fourth-order valence-electron chi connectivity index (χ4n) is 2.84. The maximum atomic E-state index is 13.6. The Labute approximate surface area is 148 Å². The summed E-state index contributed by atoms with van der Waals surface area (Å²) in [5.74, 6) is -6.12. The number of fused-ring (bicyclic) bond motifs is 1. The molecule has 0 saturated carbocycles. The number of esters is 1. The highest BCUT2D eigenvalue weighted by molar-refractivity contribution is 5.97. The minimum atomic E-state index is -1.69. The van der Waals surface area contributed by atoms with Crippen molar-refractivity contribution in [1.82, 2.24) is 0 Å². The molecule has 3 rings (SSSR count). The topological polar surface area (TPSA) is 55.4 Å². The smallest absolute Gasteiger partial charge is 0.338 e. The van der Waals surface area contributed by atoms with Gasteiger partial charge < -0.3 is 10.1 Å². The van der Waals surface area contributed by atoms with Crippen LogP contribution in [0.15, 0.2) is 30.3 Å². The quantitative estimate of drug-likeness (QED) is 0.664. The summed E-state index contributed by atoms with van der Waals surface area (Å²) >= 11 is 0. The maximum Gasteiger partial charge on any atom is 0.338 e. The highest BCUT2D eigenvalue weighted by Crippen LogP contribution is 2.23. The van der Waals surface area contributed by atoms with Gasteiger partial charge in [0.25, 0.3) is 5.91 Å². The van der Waals surface area contributed by atoms with Gasteiger partial charge in [-0.15, -0.1) is 0 Å². The molecule has 0 saturated heterocycles. The van der Waals surface area contributed by atoms with Gasteiger partial charge in [-0.25, -0.2) is 18.0 Å². The molecule has 0 radical (unpaired) electrons. The van der Waals surface area contributed by atoms with Crippen molar-refractivity contribution in [2.24, 2.45) is 0 Å². The van der Waals surface area contributed by atoms with Gasteiger partial charge in [-0.2, -0.15) is 0 Å². The highest BCUT2D eigenvalue weighted by Gasteiger charge is 2.22. The average molecular weight is 363 g/mol. The minimum absolute atomic E-state index is 0.323. The van der Waals surface area contributed by atoms with Crippen LogP contribution in [0.5, 0.6) is 0 Å². The van der Waals surface area contributed by atoms with Crippen LogP contribution in [0.3, 0.4) is 0 Å². The third-order valence-electron chi connectivity index (χ3n) is 4.28. The van der Waals surface area contributed by atoms with Crippen molar-refractivity contribution in [1.29, 1.82) is 0 Å². The van der Waals surface area contributed by atoms with Crippen molar-refractivity contribution in [3.63, 3.8) is 0 Å². The Kier molecular flexibility index (Phi) is 4.97. The van der Waals surface area contributed by atoms with E-state index in [0.717, 1.165) is 30.9 Å². The van der Waals surface area contributed by atoms with E-state index < -0.39 is 41.1 Å². The summed E-state index contributed by atoms with van der Waals surface area (Å²) in [4.78, 5) is 24.2. The van der Waals surface area contributed by atoms with Gasteiger partial charge in [-0.1, -0.05) is 6.07 Å². The molecule has 0 aromatic heterocycles. The van der Waals surface area contributed by atoms with Crippen molar-refractivity contribution in [2.75, 3.05) is 5.32 Å². The molecule has 0 bridgehead atoms. The fraction of sp³-hybridized carbons (Fsp3) is 0.263. The van der Waals surface area contributed by atoms with Gasteiger partial charge in [0.1, 0.15) is 0 Å². The van der Waals surface area contributed by atoms with Crippen LogP contribution in [0.4, 0.5) is 18.9 Å². The number of nitrogens with one attached hydrogen (secondary N) is 1. The first-order valence-electron chi connectivity index (χ1n) is 8.14. The maximum absolute atomic E-state index is 13.6. The number of hydrogen-bond acceptors (Lipinski definition) is 3. The summed E-state index contributed by atoms with van der Waals surface area (Å²) in [5.41, 5.74) is 2.07. The van der Waals surface area contributed by atoms with E-state index in [1.165, 1.54) is 12.5 Å². The number of carbonyl (C=O) groups is 2. The van der Waals surface area contributed by atoms with Crippen LogP contribution in [0.1, 0.15) is 34.8 Å². The van der Waals surface area contributed by atoms with Gasteiger partial charge in [0, 0.05) is 0 Å². The zero-order chi connectivity index (χ0) is 18.8. The highest BCUT2D eigenvalue weighted by atomic mass is 19.2. The fourth-order valence-corrected chi connectivity index (χ4v) is 2.84. The molecule has 26 heavy (non-hydrogen) atoms. The molecule has 0 unspecified atom stereocenters. The molecule has 0 spiro atoms. The number of amides is 1. The van der Waals surface area contributed by atoms with Crippen molar-refractivity contribution < 1.29 is 27.5 Å².